The third-order valence-corrected chi connectivity index (χ3v) is 3.16. The fraction of sp³-hybridized carbons (Fsp3) is 0.286. The first-order valence-electron chi connectivity index (χ1n) is 6.11. The number of carboxylic acids is 1. The van der Waals surface area contributed by atoms with Gasteiger partial charge in [0.15, 0.2) is 0 Å². The van der Waals surface area contributed by atoms with Crippen LogP contribution in [0.4, 0.5) is 8.78 Å². The lowest BCUT2D eigenvalue weighted by atomic mass is 9.98. The molecule has 0 radical (unpaired) electrons. The summed E-state index contributed by atoms with van der Waals surface area (Å²) >= 11 is 0. The molecule has 0 unspecified atom stereocenters. The van der Waals surface area contributed by atoms with E-state index >= 15 is 0 Å². The van der Waals surface area contributed by atoms with Crippen molar-refractivity contribution in [2.75, 3.05) is 13.3 Å². The van der Waals surface area contributed by atoms with Crippen molar-refractivity contribution in [3.05, 3.63) is 45.2 Å². The van der Waals surface area contributed by atoms with Gasteiger partial charge in [-0.05, 0) is 23.3 Å². The molecule has 6 heteroatoms. The molecule has 1 heterocycles. The van der Waals surface area contributed by atoms with Crippen molar-refractivity contribution in [2.45, 2.75) is 12.8 Å². The number of alkyl halides is 2. The Hall–Kier alpha value is -2.24. The van der Waals surface area contributed by atoms with Crippen molar-refractivity contribution in [3.8, 4) is 0 Å². The molecule has 0 amide bonds. The fourth-order valence-electron chi connectivity index (χ4n) is 2.19. The van der Waals surface area contributed by atoms with Crippen molar-refractivity contribution in [3.63, 3.8) is 0 Å². The van der Waals surface area contributed by atoms with Crippen LogP contribution in [0.3, 0.4) is 0 Å². The van der Waals surface area contributed by atoms with E-state index in [2.05, 4.69) is 4.98 Å². The second kappa shape index (κ2) is 5.81. The number of halogens is 2. The molecule has 2 aromatic rings. The minimum absolute atomic E-state index is 0.0714. The summed E-state index contributed by atoms with van der Waals surface area (Å²) in [5.74, 6) is -1.33. The molecule has 4 nitrogen and oxygen atoms in total. The van der Waals surface area contributed by atoms with Crippen LogP contribution < -0.4 is 5.43 Å². The molecular formula is C14H13F2NO3. The van der Waals surface area contributed by atoms with Gasteiger partial charge < -0.3 is 10.1 Å². The number of fused-ring (bicyclic) bond motifs is 1. The first-order valence-corrected chi connectivity index (χ1v) is 6.11. The molecule has 1 aromatic carbocycles. The number of aryl methyl sites for hydroxylation is 2. The molecule has 0 fully saturated rings. The lowest BCUT2D eigenvalue weighted by Crippen LogP contribution is -2.16. The Morgan fingerprint density at radius 1 is 1.15 bits per heavy atom. The van der Waals surface area contributed by atoms with Crippen LogP contribution in [0.25, 0.3) is 10.9 Å². The van der Waals surface area contributed by atoms with Crippen LogP contribution in [0.5, 0.6) is 0 Å². The number of rotatable bonds is 5. The Balaban J connectivity index is 2.70. The third-order valence-electron chi connectivity index (χ3n) is 3.16. The average molecular weight is 281 g/mol. The van der Waals surface area contributed by atoms with Crippen molar-refractivity contribution in [1.29, 1.82) is 0 Å². The number of hydrogen-bond acceptors (Lipinski definition) is 2. The minimum atomic E-state index is -1.33. The van der Waals surface area contributed by atoms with Gasteiger partial charge in [0.25, 0.3) is 0 Å². The van der Waals surface area contributed by atoms with Gasteiger partial charge in [0.2, 0.25) is 5.43 Å². The Kier molecular flexibility index (Phi) is 4.12. The van der Waals surface area contributed by atoms with E-state index in [1.54, 1.807) is 6.07 Å². The smallest absolute Gasteiger partial charge is 0.341 e. The van der Waals surface area contributed by atoms with Crippen LogP contribution in [-0.4, -0.2) is 29.4 Å². The molecule has 0 saturated heterocycles. The van der Waals surface area contributed by atoms with E-state index in [0.717, 1.165) is 6.20 Å². The monoisotopic (exact) mass is 281 g/mol. The minimum Gasteiger partial charge on any atom is -0.477 e. The SMILES string of the molecule is O=C(O)c1c[nH]c2cc(CCF)c(CCF)cc2c1=O. The van der Waals surface area contributed by atoms with E-state index in [1.807, 2.05) is 0 Å². The van der Waals surface area contributed by atoms with Crippen LogP contribution in [-0.2, 0) is 12.8 Å². The summed E-state index contributed by atoms with van der Waals surface area (Å²) in [5.41, 5.74) is 0.577. The highest BCUT2D eigenvalue weighted by Gasteiger charge is 2.13. The number of aromatic carboxylic acids is 1. The van der Waals surface area contributed by atoms with Gasteiger partial charge in [0, 0.05) is 29.9 Å². The zero-order valence-corrected chi connectivity index (χ0v) is 10.6. The normalized spacial score (nSPS) is 10.9. The quantitative estimate of drug-likeness (QED) is 0.883. The van der Waals surface area contributed by atoms with E-state index in [1.165, 1.54) is 6.07 Å². The van der Waals surface area contributed by atoms with E-state index in [4.69, 9.17) is 5.11 Å². The van der Waals surface area contributed by atoms with E-state index in [-0.39, 0.29) is 23.8 Å². The number of hydrogen-bond donors (Lipinski definition) is 2. The second-order valence-electron chi connectivity index (χ2n) is 4.38. The van der Waals surface area contributed by atoms with Crippen LogP contribution >= 0.6 is 0 Å². The molecule has 0 aliphatic carbocycles. The van der Waals surface area contributed by atoms with Gasteiger partial charge in [-0.3, -0.25) is 13.6 Å². The van der Waals surface area contributed by atoms with Crippen molar-refractivity contribution in [1.82, 2.24) is 4.98 Å². The zero-order valence-electron chi connectivity index (χ0n) is 10.6. The maximum atomic E-state index is 12.5. The highest BCUT2D eigenvalue weighted by atomic mass is 19.1. The molecule has 0 aliphatic heterocycles. The number of carbonyl (C=O) groups is 1. The third kappa shape index (κ3) is 2.54. The number of H-pyrrole nitrogens is 1. The summed E-state index contributed by atoms with van der Waals surface area (Å²) in [4.78, 5) is 25.7. The maximum absolute atomic E-state index is 12.5. The van der Waals surface area contributed by atoms with E-state index in [9.17, 15) is 18.4 Å². The summed E-state index contributed by atoms with van der Waals surface area (Å²) in [7, 11) is 0. The lowest BCUT2D eigenvalue weighted by Gasteiger charge is -2.09. The molecule has 20 heavy (non-hydrogen) atoms. The Labute approximate surface area is 113 Å². The summed E-state index contributed by atoms with van der Waals surface area (Å²) in [6, 6.07) is 3.03. The van der Waals surface area contributed by atoms with Crippen molar-refractivity contribution < 1.29 is 18.7 Å². The van der Waals surface area contributed by atoms with Crippen molar-refractivity contribution in [2.24, 2.45) is 0 Å². The second-order valence-corrected chi connectivity index (χ2v) is 4.38. The summed E-state index contributed by atoms with van der Waals surface area (Å²) in [5, 5.41) is 9.08. The Morgan fingerprint density at radius 2 is 1.75 bits per heavy atom. The summed E-state index contributed by atoms with van der Waals surface area (Å²) < 4.78 is 25.0. The molecule has 0 spiro atoms. The molecule has 2 rings (SSSR count). The van der Waals surface area contributed by atoms with Gasteiger partial charge in [0.05, 0.1) is 13.3 Å². The fourth-order valence-corrected chi connectivity index (χ4v) is 2.19. The van der Waals surface area contributed by atoms with E-state index < -0.39 is 24.7 Å². The summed E-state index contributed by atoms with van der Waals surface area (Å²) in [6.45, 7) is -1.20. The van der Waals surface area contributed by atoms with Gasteiger partial charge in [-0.15, -0.1) is 0 Å². The Bertz CT molecular complexity index is 709. The first-order chi connectivity index (χ1) is 9.58. The molecule has 1 aromatic heterocycles. The highest BCUT2D eigenvalue weighted by molar-refractivity contribution is 5.92. The van der Waals surface area contributed by atoms with Gasteiger partial charge in [0.1, 0.15) is 5.56 Å². The number of nitrogens with one attached hydrogen (secondary N) is 1. The number of pyridine rings is 1. The highest BCUT2D eigenvalue weighted by Crippen LogP contribution is 2.18. The molecule has 2 N–H and O–H groups in total. The standard InChI is InChI=1S/C14H13F2NO3/c15-3-1-8-5-10-12(6-9(8)2-4-16)17-7-11(13(10)18)14(19)20/h5-7H,1-4H2,(H,17,18)(H,19,20). The molecule has 0 saturated carbocycles. The Morgan fingerprint density at radius 3 is 2.30 bits per heavy atom. The van der Waals surface area contributed by atoms with E-state index in [0.29, 0.717) is 16.6 Å². The maximum Gasteiger partial charge on any atom is 0.341 e. The van der Waals surface area contributed by atoms with Crippen LogP contribution in [0.1, 0.15) is 21.5 Å². The number of carboxylic acid groups (broad SMARTS) is 1. The topological polar surface area (TPSA) is 70.2 Å². The van der Waals surface area contributed by atoms with Crippen LogP contribution in [0.15, 0.2) is 23.1 Å². The first kappa shape index (κ1) is 14.2. The van der Waals surface area contributed by atoms with Gasteiger partial charge in [-0.1, -0.05) is 0 Å². The lowest BCUT2D eigenvalue weighted by molar-refractivity contribution is 0.0695. The van der Waals surface area contributed by atoms with Crippen LogP contribution in [0, 0.1) is 0 Å². The molecular weight excluding hydrogens is 268 g/mol. The molecule has 0 atom stereocenters. The van der Waals surface area contributed by atoms with Crippen LogP contribution in [0.2, 0.25) is 0 Å². The molecule has 106 valence electrons. The van der Waals surface area contributed by atoms with Gasteiger partial charge >= 0.3 is 5.97 Å². The summed E-state index contributed by atoms with van der Waals surface area (Å²) in [6.07, 6.45) is 1.32. The van der Waals surface area contributed by atoms with Gasteiger partial charge in [-0.25, -0.2) is 4.79 Å². The number of aromatic nitrogens is 1. The average Bonchev–Trinajstić information content (AvgIpc) is 2.40. The predicted octanol–water partition coefficient (Wildman–Crippen LogP) is 2.25. The van der Waals surface area contributed by atoms with Gasteiger partial charge in [-0.2, -0.15) is 0 Å². The number of aromatic amines is 1. The largest absolute Gasteiger partial charge is 0.477 e. The predicted molar refractivity (Wildman–Crippen MR) is 70.9 cm³/mol. The molecule has 0 bridgehead atoms. The number of benzene rings is 1. The zero-order chi connectivity index (χ0) is 14.7. The molecule has 0 aliphatic rings. The van der Waals surface area contributed by atoms with Crippen molar-refractivity contribution >= 4 is 16.9 Å².